The monoisotopic (exact) mass is 513 g/mol. The minimum absolute atomic E-state index is 0.0722. The molecule has 4 rings (SSSR count). The summed E-state index contributed by atoms with van der Waals surface area (Å²) in [5.41, 5.74) is 0.190. The molecule has 0 spiro atoms. The average molecular weight is 514 g/mol. The Labute approximate surface area is 196 Å². The fraction of sp³-hybridized carbons (Fsp3) is 0.381. The van der Waals surface area contributed by atoms with Crippen LogP contribution >= 0.6 is 0 Å². The van der Waals surface area contributed by atoms with E-state index in [0.29, 0.717) is 6.42 Å². The molecule has 1 heterocycles. The predicted octanol–water partition coefficient (Wildman–Crippen LogP) is 2.59. The lowest BCUT2D eigenvalue weighted by Crippen LogP contribution is -2.48. The maximum atomic E-state index is 13.4. The van der Waals surface area contributed by atoms with Gasteiger partial charge in [0, 0.05) is 12.2 Å². The Bertz CT molecular complexity index is 1300. The number of anilines is 2. The molecule has 13 heteroatoms. The Morgan fingerprint density at radius 3 is 2.50 bits per heavy atom. The molecule has 10 nitrogen and oxygen atoms in total. The van der Waals surface area contributed by atoms with Gasteiger partial charge in [-0.25, -0.2) is 30.7 Å². The second-order valence-electron chi connectivity index (χ2n) is 8.18. The number of sulfonamides is 2. The van der Waals surface area contributed by atoms with Crippen LogP contribution in [0.25, 0.3) is 0 Å². The third-order valence-corrected chi connectivity index (χ3v) is 9.57. The molecular weight excluding hydrogens is 489 g/mol. The molecule has 2 aromatic carbocycles. The number of halogens is 1. The number of carbonyl (C=O) groups is 1. The topological polar surface area (TPSA) is 142 Å². The van der Waals surface area contributed by atoms with E-state index in [4.69, 9.17) is 9.84 Å². The van der Waals surface area contributed by atoms with Gasteiger partial charge in [-0.2, -0.15) is 0 Å². The molecule has 2 unspecified atom stereocenters. The zero-order valence-corrected chi connectivity index (χ0v) is 19.8. The van der Waals surface area contributed by atoms with Crippen LogP contribution < -0.4 is 19.1 Å². The minimum atomic E-state index is -4.21. The van der Waals surface area contributed by atoms with Gasteiger partial charge >= 0.3 is 6.09 Å². The van der Waals surface area contributed by atoms with Gasteiger partial charge in [0.05, 0.1) is 22.4 Å². The zero-order valence-electron chi connectivity index (χ0n) is 18.1. The molecule has 2 aliphatic rings. The van der Waals surface area contributed by atoms with Crippen molar-refractivity contribution in [2.75, 3.05) is 22.7 Å². The number of rotatable bonds is 8. The van der Waals surface area contributed by atoms with Crippen LogP contribution in [0.4, 0.5) is 20.6 Å². The van der Waals surface area contributed by atoms with E-state index in [1.807, 2.05) is 6.92 Å². The van der Waals surface area contributed by atoms with Crippen LogP contribution in [0, 0.1) is 11.7 Å². The maximum absolute atomic E-state index is 13.4. The van der Waals surface area contributed by atoms with E-state index in [-0.39, 0.29) is 41.0 Å². The maximum Gasteiger partial charge on any atom is 0.409 e. The minimum Gasteiger partial charge on any atom is -0.485 e. The summed E-state index contributed by atoms with van der Waals surface area (Å²) in [5, 5.41) is 10.7. The van der Waals surface area contributed by atoms with Crippen LogP contribution in [0.5, 0.6) is 5.75 Å². The average Bonchev–Trinajstić information content (AvgIpc) is 3.58. The molecule has 1 aliphatic heterocycles. The lowest BCUT2D eigenvalue weighted by molar-refractivity contribution is 0.203. The van der Waals surface area contributed by atoms with Gasteiger partial charge in [0.1, 0.15) is 17.7 Å². The van der Waals surface area contributed by atoms with Gasteiger partial charge in [-0.15, -0.1) is 0 Å². The quantitative estimate of drug-likeness (QED) is 0.492. The number of amides is 1. The number of nitrogens with one attached hydrogen (secondary N) is 2. The van der Waals surface area contributed by atoms with Crippen molar-refractivity contribution in [2.45, 2.75) is 36.0 Å². The van der Waals surface area contributed by atoms with E-state index in [1.54, 1.807) is 0 Å². The molecule has 0 bridgehead atoms. The second kappa shape index (κ2) is 9.04. The van der Waals surface area contributed by atoms with Gasteiger partial charge in [-0.05, 0) is 54.8 Å². The first-order chi connectivity index (χ1) is 16.0. The largest absolute Gasteiger partial charge is 0.485 e. The van der Waals surface area contributed by atoms with E-state index < -0.39 is 43.3 Å². The Morgan fingerprint density at radius 1 is 1.18 bits per heavy atom. The molecule has 2 aromatic rings. The highest BCUT2D eigenvalue weighted by atomic mass is 32.2. The molecule has 1 fully saturated rings. The smallest absolute Gasteiger partial charge is 0.409 e. The molecule has 34 heavy (non-hydrogen) atoms. The number of benzene rings is 2. The fourth-order valence-electron chi connectivity index (χ4n) is 3.93. The van der Waals surface area contributed by atoms with E-state index in [1.165, 1.54) is 18.2 Å². The van der Waals surface area contributed by atoms with Gasteiger partial charge in [0.25, 0.3) is 10.0 Å². The summed E-state index contributed by atoms with van der Waals surface area (Å²) in [6, 6.07) is 8.38. The van der Waals surface area contributed by atoms with Crippen molar-refractivity contribution in [3.8, 4) is 5.75 Å². The van der Waals surface area contributed by atoms with Crippen LogP contribution in [0.1, 0.15) is 19.8 Å². The van der Waals surface area contributed by atoms with Crippen molar-refractivity contribution >= 4 is 37.5 Å². The molecule has 1 saturated carbocycles. The van der Waals surface area contributed by atoms with Crippen molar-refractivity contribution in [2.24, 2.45) is 5.92 Å². The van der Waals surface area contributed by atoms with Gasteiger partial charge in [-0.1, -0.05) is 13.3 Å². The summed E-state index contributed by atoms with van der Waals surface area (Å²) in [6.07, 6.45) is -0.836. The molecule has 1 amide bonds. The Balaban J connectivity index is 1.64. The summed E-state index contributed by atoms with van der Waals surface area (Å²) in [7, 11) is -7.78. The lowest BCUT2D eigenvalue weighted by atomic mass is 10.2. The van der Waals surface area contributed by atoms with Crippen LogP contribution in [-0.4, -0.2) is 52.5 Å². The van der Waals surface area contributed by atoms with Crippen LogP contribution in [0.15, 0.2) is 47.4 Å². The van der Waals surface area contributed by atoms with E-state index in [0.717, 1.165) is 35.0 Å². The molecule has 184 valence electrons. The van der Waals surface area contributed by atoms with Crippen molar-refractivity contribution in [3.05, 3.63) is 48.3 Å². The molecule has 3 N–H and O–H groups in total. The van der Waals surface area contributed by atoms with Gasteiger partial charge in [0.2, 0.25) is 10.0 Å². The Kier molecular flexibility index (Phi) is 6.44. The van der Waals surface area contributed by atoms with Gasteiger partial charge in [0.15, 0.2) is 0 Å². The molecule has 1 aliphatic carbocycles. The summed E-state index contributed by atoms with van der Waals surface area (Å²) in [4.78, 5) is 10.9. The van der Waals surface area contributed by atoms with Crippen molar-refractivity contribution < 1.29 is 35.9 Å². The molecular formula is C21H24FN3O7S2. The van der Waals surface area contributed by atoms with E-state index in [9.17, 15) is 26.0 Å². The first-order valence-corrected chi connectivity index (χ1v) is 13.6. The summed E-state index contributed by atoms with van der Waals surface area (Å²) in [5.74, 6) is -0.358. The normalized spacial score (nSPS) is 21.9. The van der Waals surface area contributed by atoms with Crippen LogP contribution in [0.2, 0.25) is 0 Å². The van der Waals surface area contributed by atoms with Crippen molar-refractivity contribution in [1.29, 1.82) is 0 Å². The first-order valence-electron chi connectivity index (χ1n) is 10.6. The van der Waals surface area contributed by atoms with Crippen molar-refractivity contribution in [1.82, 2.24) is 4.72 Å². The number of ether oxygens (including phenoxy) is 1. The Morgan fingerprint density at radius 2 is 1.88 bits per heavy atom. The number of hydrogen-bond acceptors (Lipinski definition) is 6. The van der Waals surface area contributed by atoms with Crippen molar-refractivity contribution in [3.63, 3.8) is 0 Å². The van der Waals surface area contributed by atoms with E-state index >= 15 is 0 Å². The van der Waals surface area contributed by atoms with Gasteiger partial charge in [-0.3, -0.25) is 9.62 Å². The lowest BCUT2D eigenvalue weighted by Gasteiger charge is -2.35. The summed E-state index contributed by atoms with van der Waals surface area (Å²) < 4.78 is 74.7. The third kappa shape index (κ3) is 4.95. The zero-order chi connectivity index (χ0) is 24.7. The number of hydrogen-bond donors (Lipinski definition) is 3. The SMILES string of the molecule is CCC1CC1S(=O)(=O)NC[C@H]1CN(S(=O)(=O)c2ccc(F)cc2)c2cc(NC(=O)O)ccc2O1. The molecule has 3 atom stereocenters. The molecule has 0 saturated heterocycles. The van der Waals surface area contributed by atoms with Gasteiger partial charge < -0.3 is 9.84 Å². The standard InChI is InChI=1S/C21H24FN3O7S2/c1-2-13-9-20(13)33(28,29)23-11-16-12-25(34(30,31)17-6-3-14(22)4-7-17)18-10-15(24-21(26)27)5-8-19(18)32-16/h3-8,10,13,16,20,23-24H,2,9,11-12H2,1H3,(H,26,27)/t13?,16-,20?/m0/s1. The summed E-state index contributed by atoms with van der Waals surface area (Å²) in [6.45, 7) is 1.53. The third-order valence-electron chi connectivity index (χ3n) is 5.84. The highest BCUT2D eigenvalue weighted by molar-refractivity contribution is 7.92. The number of nitrogens with zero attached hydrogens (tertiary/aromatic N) is 1. The highest BCUT2D eigenvalue weighted by Crippen LogP contribution is 2.40. The molecule has 0 aromatic heterocycles. The Hall–Kier alpha value is -2.90. The summed E-state index contributed by atoms with van der Waals surface area (Å²) >= 11 is 0. The first kappa shape index (κ1) is 24.2. The molecule has 0 radical (unpaired) electrons. The van der Waals surface area contributed by atoms with E-state index in [2.05, 4.69) is 10.0 Å². The number of fused-ring (bicyclic) bond motifs is 1. The second-order valence-corrected chi connectivity index (χ2v) is 12.0. The highest BCUT2D eigenvalue weighted by Gasteiger charge is 2.46. The fourth-order valence-corrected chi connectivity index (χ4v) is 7.26. The van der Waals surface area contributed by atoms with Crippen LogP contribution in [-0.2, 0) is 20.0 Å². The van der Waals surface area contributed by atoms with Crippen LogP contribution in [0.3, 0.4) is 0 Å². The number of carboxylic acid groups (broad SMARTS) is 1. The predicted molar refractivity (Wildman–Crippen MR) is 123 cm³/mol.